The van der Waals surface area contributed by atoms with Gasteiger partial charge < -0.3 is 15.0 Å². The molecule has 1 aromatic carbocycles. The number of carbonyl (C=O) groups is 2. The second-order valence-corrected chi connectivity index (χ2v) is 6.89. The van der Waals surface area contributed by atoms with Gasteiger partial charge in [0, 0.05) is 31.3 Å². The number of para-hydroxylation sites is 1. The summed E-state index contributed by atoms with van der Waals surface area (Å²) in [5.41, 5.74) is 4.50. The molecule has 1 spiro atoms. The van der Waals surface area contributed by atoms with Crippen molar-refractivity contribution in [2.24, 2.45) is 0 Å². The number of hydrogen-bond acceptors (Lipinski definition) is 4. The van der Waals surface area contributed by atoms with E-state index in [0.717, 1.165) is 23.4 Å². The first-order valence-electron chi connectivity index (χ1n) is 8.65. The van der Waals surface area contributed by atoms with Crippen molar-refractivity contribution in [1.82, 2.24) is 4.90 Å². The molecule has 4 rings (SSSR count). The van der Waals surface area contributed by atoms with Crippen molar-refractivity contribution in [3.63, 3.8) is 0 Å². The Morgan fingerprint density at radius 3 is 2.80 bits per heavy atom. The fraction of sp³-hybridized carbons (Fsp3) is 0.400. The molecular formula is C20H22N2O3. The molecule has 1 fully saturated rings. The van der Waals surface area contributed by atoms with Crippen molar-refractivity contribution in [2.45, 2.75) is 38.1 Å². The van der Waals surface area contributed by atoms with Crippen LogP contribution in [0.4, 0.5) is 5.69 Å². The molecule has 1 saturated heterocycles. The summed E-state index contributed by atoms with van der Waals surface area (Å²) in [6.45, 7) is 4.29. The average Bonchev–Trinajstić information content (AvgIpc) is 3.18. The summed E-state index contributed by atoms with van der Waals surface area (Å²) in [6.07, 6.45) is 3.36. The van der Waals surface area contributed by atoms with Crippen molar-refractivity contribution in [3.05, 3.63) is 52.7 Å². The van der Waals surface area contributed by atoms with Gasteiger partial charge in [-0.15, -0.1) is 0 Å². The van der Waals surface area contributed by atoms with Gasteiger partial charge in [0.25, 0.3) is 0 Å². The van der Waals surface area contributed by atoms with E-state index in [4.69, 9.17) is 4.74 Å². The molecule has 0 radical (unpaired) electrons. The van der Waals surface area contributed by atoms with Crippen LogP contribution in [0.5, 0.6) is 0 Å². The zero-order valence-corrected chi connectivity index (χ0v) is 14.8. The Morgan fingerprint density at radius 2 is 2.12 bits per heavy atom. The van der Waals surface area contributed by atoms with E-state index in [1.54, 1.807) is 6.92 Å². The topological polar surface area (TPSA) is 58.6 Å². The number of anilines is 1. The number of methoxy groups -OCH3 is 1. The monoisotopic (exact) mass is 338 g/mol. The lowest BCUT2D eigenvalue weighted by molar-refractivity contribution is -0.136. The Kier molecular flexibility index (Phi) is 3.49. The Bertz CT molecular complexity index is 839. The quantitative estimate of drug-likeness (QED) is 0.632. The van der Waals surface area contributed by atoms with E-state index in [9.17, 15) is 9.59 Å². The molecule has 1 aliphatic carbocycles. The highest BCUT2D eigenvalue weighted by Gasteiger charge is 2.60. The molecule has 2 heterocycles. The van der Waals surface area contributed by atoms with E-state index in [1.165, 1.54) is 12.7 Å². The Hall–Kier alpha value is -2.56. The maximum Gasteiger partial charge on any atom is 0.335 e. The summed E-state index contributed by atoms with van der Waals surface area (Å²) >= 11 is 0. The maximum absolute atomic E-state index is 12.5. The summed E-state index contributed by atoms with van der Waals surface area (Å²) in [5.74, 6) is -0.222. The molecule has 0 aromatic heterocycles. The molecule has 0 bridgehead atoms. The molecule has 5 heteroatoms. The van der Waals surface area contributed by atoms with Gasteiger partial charge in [-0.25, -0.2) is 4.79 Å². The lowest BCUT2D eigenvalue weighted by atomic mass is 9.65. The van der Waals surface area contributed by atoms with E-state index in [1.807, 2.05) is 36.1 Å². The number of fused-ring (bicyclic) bond motifs is 1. The van der Waals surface area contributed by atoms with Gasteiger partial charge in [-0.2, -0.15) is 0 Å². The number of esters is 1. The van der Waals surface area contributed by atoms with Gasteiger partial charge in [0.05, 0.1) is 24.1 Å². The molecule has 2 aliphatic heterocycles. The minimum absolute atomic E-state index is 0.0467. The molecule has 3 aliphatic rings. The fourth-order valence-electron chi connectivity index (χ4n) is 4.88. The lowest BCUT2D eigenvalue weighted by Crippen LogP contribution is -2.49. The molecule has 1 aromatic rings. The van der Waals surface area contributed by atoms with Gasteiger partial charge in [-0.3, -0.25) is 4.79 Å². The second kappa shape index (κ2) is 5.48. The van der Waals surface area contributed by atoms with Crippen molar-refractivity contribution in [2.75, 3.05) is 19.0 Å². The van der Waals surface area contributed by atoms with E-state index < -0.39 is 0 Å². The molecule has 130 valence electrons. The normalized spacial score (nSPS) is 28.4. The fourth-order valence-corrected chi connectivity index (χ4v) is 4.88. The number of amides is 1. The van der Waals surface area contributed by atoms with E-state index in [0.29, 0.717) is 18.5 Å². The standard InChI is InChI=1S/C20H22N2O3/c1-4-13-11-14(19(24)25-3)17-20(9-10-22(12(2)23)18(13)20)15-7-5-6-8-16(15)21-17/h4-8,18,21H,9-11H2,1-3H3/b13-4+/t18-,20-/m0/s1. The zero-order valence-electron chi connectivity index (χ0n) is 14.8. The van der Waals surface area contributed by atoms with Gasteiger partial charge in [-0.05, 0) is 30.5 Å². The number of nitrogens with zero attached hydrogens (tertiary/aromatic N) is 1. The van der Waals surface area contributed by atoms with Crippen LogP contribution in [-0.2, 0) is 19.7 Å². The predicted molar refractivity (Wildman–Crippen MR) is 95.0 cm³/mol. The smallest absolute Gasteiger partial charge is 0.335 e. The first-order valence-corrected chi connectivity index (χ1v) is 8.65. The highest BCUT2D eigenvalue weighted by Crippen LogP contribution is 2.58. The van der Waals surface area contributed by atoms with Gasteiger partial charge in [0.1, 0.15) is 0 Å². The van der Waals surface area contributed by atoms with Crippen LogP contribution < -0.4 is 5.32 Å². The Labute approximate surface area is 147 Å². The third kappa shape index (κ3) is 1.95. The third-order valence-electron chi connectivity index (χ3n) is 5.88. The first kappa shape index (κ1) is 15.9. The van der Waals surface area contributed by atoms with Crippen LogP contribution >= 0.6 is 0 Å². The summed E-state index contributed by atoms with van der Waals surface area (Å²) in [7, 11) is 1.42. The average molecular weight is 338 g/mol. The highest BCUT2D eigenvalue weighted by molar-refractivity contribution is 5.94. The number of rotatable bonds is 1. The number of benzene rings is 1. The zero-order chi connectivity index (χ0) is 17.8. The molecule has 0 saturated carbocycles. The van der Waals surface area contributed by atoms with Crippen LogP contribution in [0.25, 0.3) is 0 Å². The van der Waals surface area contributed by atoms with Crippen LogP contribution in [0.3, 0.4) is 0 Å². The third-order valence-corrected chi connectivity index (χ3v) is 5.88. The number of allylic oxidation sites excluding steroid dienone is 1. The van der Waals surface area contributed by atoms with Crippen LogP contribution in [0.1, 0.15) is 32.3 Å². The van der Waals surface area contributed by atoms with Gasteiger partial charge in [-0.1, -0.05) is 24.3 Å². The molecule has 25 heavy (non-hydrogen) atoms. The van der Waals surface area contributed by atoms with Crippen molar-refractivity contribution < 1.29 is 14.3 Å². The molecule has 5 nitrogen and oxygen atoms in total. The summed E-state index contributed by atoms with van der Waals surface area (Å²) in [6, 6.07) is 8.11. The van der Waals surface area contributed by atoms with Gasteiger partial charge >= 0.3 is 5.97 Å². The number of ether oxygens (including phenoxy) is 1. The minimum Gasteiger partial charge on any atom is -0.466 e. The molecule has 2 atom stereocenters. The number of likely N-dealkylation sites (tertiary alicyclic amines) is 1. The van der Waals surface area contributed by atoms with Crippen molar-refractivity contribution >= 4 is 17.6 Å². The van der Waals surface area contributed by atoms with Crippen LogP contribution in [0.15, 0.2) is 47.2 Å². The Balaban J connectivity index is 2.02. The predicted octanol–water partition coefficient (Wildman–Crippen LogP) is 2.75. The van der Waals surface area contributed by atoms with Crippen LogP contribution in [-0.4, -0.2) is 36.5 Å². The van der Waals surface area contributed by atoms with Crippen molar-refractivity contribution in [1.29, 1.82) is 0 Å². The molecule has 1 N–H and O–H groups in total. The van der Waals surface area contributed by atoms with E-state index >= 15 is 0 Å². The Morgan fingerprint density at radius 1 is 1.36 bits per heavy atom. The van der Waals surface area contributed by atoms with Gasteiger partial charge in [0.2, 0.25) is 5.91 Å². The number of nitrogens with one attached hydrogen (secondary N) is 1. The second-order valence-electron chi connectivity index (χ2n) is 6.89. The first-order chi connectivity index (χ1) is 12.0. The van der Waals surface area contributed by atoms with Crippen molar-refractivity contribution in [3.8, 4) is 0 Å². The summed E-state index contributed by atoms with van der Waals surface area (Å²) in [4.78, 5) is 26.7. The SMILES string of the molecule is C/C=C1\CC(C(=O)OC)=C2Nc3ccccc3[C@@]23CCN(C(C)=O)[C@@H]13. The molecular weight excluding hydrogens is 316 g/mol. The molecule has 0 unspecified atom stereocenters. The highest BCUT2D eigenvalue weighted by atomic mass is 16.5. The minimum atomic E-state index is -0.383. The van der Waals surface area contributed by atoms with Crippen LogP contribution in [0, 0.1) is 0 Å². The lowest BCUT2D eigenvalue weighted by Gasteiger charge is -2.42. The summed E-state index contributed by atoms with van der Waals surface area (Å²) < 4.78 is 5.06. The maximum atomic E-state index is 12.5. The van der Waals surface area contributed by atoms with Crippen LogP contribution in [0.2, 0.25) is 0 Å². The number of hydrogen-bond donors (Lipinski definition) is 1. The summed E-state index contributed by atoms with van der Waals surface area (Å²) in [5, 5.41) is 3.48. The molecule has 1 amide bonds. The van der Waals surface area contributed by atoms with Gasteiger partial charge in [0.15, 0.2) is 0 Å². The largest absolute Gasteiger partial charge is 0.466 e. The van der Waals surface area contributed by atoms with E-state index in [2.05, 4.69) is 11.4 Å². The number of carbonyl (C=O) groups excluding carboxylic acids is 2. The van der Waals surface area contributed by atoms with E-state index in [-0.39, 0.29) is 23.3 Å².